The van der Waals surface area contributed by atoms with Gasteiger partial charge in [0.1, 0.15) is 6.10 Å². The summed E-state index contributed by atoms with van der Waals surface area (Å²) in [5.74, 6) is -0.427. The van der Waals surface area contributed by atoms with Gasteiger partial charge in [0.2, 0.25) is 0 Å². The lowest BCUT2D eigenvalue weighted by molar-refractivity contribution is -0.155. The highest BCUT2D eigenvalue weighted by Gasteiger charge is 2.23. The number of benzene rings is 1. The van der Waals surface area contributed by atoms with Crippen LogP contribution in [-0.4, -0.2) is 30.9 Å². The topological polar surface area (TPSA) is 55.8 Å². The second-order valence-corrected chi connectivity index (χ2v) is 3.46. The minimum absolute atomic E-state index is 0.118. The lowest BCUT2D eigenvalue weighted by atomic mass is 10.0. The number of aliphatic hydroxyl groups excluding tert-OH is 1. The third-order valence-corrected chi connectivity index (χ3v) is 2.11. The van der Waals surface area contributed by atoms with E-state index in [-0.39, 0.29) is 6.61 Å². The van der Waals surface area contributed by atoms with Crippen molar-refractivity contribution < 1.29 is 19.4 Å². The lowest BCUT2D eigenvalue weighted by Gasteiger charge is -2.22. The van der Waals surface area contributed by atoms with Crippen LogP contribution in [0, 0.1) is 0 Å². The molecule has 1 aromatic rings. The molecule has 1 N–H and O–H groups in total. The molecule has 0 aliphatic heterocycles. The van der Waals surface area contributed by atoms with Crippen LogP contribution in [0.25, 0.3) is 0 Å². The molecule has 0 saturated heterocycles. The van der Waals surface area contributed by atoms with E-state index in [1.165, 1.54) is 14.0 Å². The Kier molecular flexibility index (Phi) is 4.95. The fourth-order valence-corrected chi connectivity index (χ4v) is 1.45. The van der Waals surface area contributed by atoms with Crippen molar-refractivity contribution >= 4 is 5.97 Å². The number of carbonyl (C=O) groups excluding carboxylic acids is 1. The van der Waals surface area contributed by atoms with Crippen LogP contribution < -0.4 is 0 Å². The molecule has 1 unspecified atom stereocenters. The standard InChI is InChI=1S/C12H16O4/c1-9(13)16-12(11(14)8-15-2)10-6-4-3-5-7-10/h3-7,11-12,14H,8H2,1-2H3/t11?,12-/m0/s1. The first-order valence-corrected chi connectivity index (χ1v) is 5.04. The van der Waals surface area contributed by atoms with Gasteiger partial charge in [-0.25, -0.2) is 0 Å². The number of ether oxygens (including phenoxy) is 2. The van der Waals surface area contributed by atoms with E-state index in [1.54, 1.807) is 12.1 Å². The molecule has 88 valence electrons. The maximum Gasteiger partial charge on any atom is 0.303 e. The fourth-order valence-electron chi connectivity index (χ4n) is 1.45. The van der Waals surface area contributed by atoms with E-state index in [1.807, 2.05) is 18.2 Å². The highest BCUT2D eigenvalue weighted by molar-refractivity contribution is 5.66. The van der Waals surface area contributed by atoms with Crippen LogP contribution in [0.4, 0.5) is 0 Å². The van der Waals surface area contributed by atoms with E-state index in [2.05, 4.69) is 0 Å². The van der Waals surface area contributed by atoms with Gasteiger partial charge in [0.15, 0.2) is 6.10 Å². The zero-order valence-corrected chi connectivity index (χ0v) is 9.42. The Morgan fingerprint density at radius 1 is 1.38 bits per heavy atom. The summed E-state index contributed by atoms with van der Waals surface area (Å²) in [5, 5.41) is 9.81. The van der Waals surface area contributed by atoms with E-state index >= 15 is 0 Å². The van der Waals surface area contributed by atoms with E-state index in [9.17, 15) is 9.90 Å². The SMILES string of the molecule is COCC(O)[C@@H](OC(C)=O)c1ccccc1. The van der Waals surface area contributed by atoms with Gasteiger partial charge in [-0.1, -0.05) is 30.3 Å². The predicted octanol–water partition coefficient (Wildman–Crippen LogP) is 1.30. The highest BCUT2D eigenvalue weighted by Crippen LogP contribution is 2.21. The molecule has 4 heteroatoms. The number of methoxy groups -OCH3 is 1. The molecule has 2 atom stereocenters. The first kappa shape index (κ1) is 12.7. The molecule has 0 radical (unpaired) electrons. The van der Waals surface area contributed by atoms with E-state index < -0.39 is 18.2 Å². The normalized spacial score (nSPS) is 14.2. The van der Waals surface area contributed by atoms with Crippen molar-refractivity contribution in [2.24, 2.45) is 0 Å². The third-order valence-electron chi connectivity index (χ3n) is 2.11. The number of rotatable bonds is 5. The van der Waals surface area contributed by atoms with E-state index in [4.69, 9.17) is 9.47 Å². The number of carbonyl (C=O) groups is 1. The summed E-state index contributed by atoms with van der Waals surface area (Å²) in [6, 6.07) is 9.10. The summed E-state index contributed by atoms with van der Waals surface area (Å²) in [4.78, 5) is 11.0. The third kappa shape index (κ3) is 3.64. The van der Waals surface area contributed by atoms with Crippen LogP contribution in [0.15, 0.2) is 30.3 Å². The van der Waals surface area contributed by atoms with Crippen LogP contribution >= 0.6 is 0 Å². The van der Waals surface area contributed by atoms with Gasteiger partial charge >= 0.3 is 5.97 Å². The zero-order chi connectivity index (χ0) is 12.0. The number of aliphatic hydroxyl groups is 1. The minimum Gasteiger partial charge on any atom is -0.455 e. The Morgan fingerprint density at radius 2 is 2.00 bits per heavy atom. The summed E-state index contributed by atoms with van der Waals surface area (Å²) in [6.07, 6.45) is -1.55. The second-order valence-electron chi connectivity index (χ2n) is 3.46. The molecule has 0 aliphatic carbocycles. The van der Waals surface area contributed by atoms with Gasteiger partial charge in [-0.15, -0.1) is 0 Å². The molecule has 0 aromatic heterocycles. The van der Waals surface area contributed by atoms with Crippen LogP contribution in [-0.2, 0) is 14.3 Å². The average Bonchev–Trinajstić information content (AvgIpc) is 2.27. The van der Waals surface area contributed by atoms with Gasteiger partial charge < -0.3 is 14.6 Å². The molecule has 0 fully saturated rings. The quantitative estimate of drug-likeness (QED) is 0.766. The van der Waals surface area contributed by atoms with Crippen molar-refractivity contribution in [1.29, 1.82) is 0 Å². The number of hydrogen-bond acceptors (Lipinski definition) is 4. The van der Waals surface area contributed by atoms with Crippen molar-refractivity contribution in [1.82, 2.24) is 0 Å². The lowest BCUT2D eigenvalue weighted by Crippen LogP contribution is -2.27. The Morgan fingerprint density at radius 3 is 2.50 bits per heavy atom. The van der Waals surface area contributed by atoms with Gasteiger partial charge in [-0.3, -0.25) is 4.79 Å². The monoisotopic (exact) mass is 224 g/mol. The summed E-state index contributed by atoms with van der Waals surface area (Å²) in [7, 11) is 1.49. The Hall–Kier alpha value is -1.39. The van der Waals surface area contributed by atoms with Crippen molar-refractivity contribution in [3.05, 3.63) is 35.9 Å². The molecule has 1 rings (SSSR count). The van der Waals surface area contributed by atoms with Crippen molar-refractivity contribution in [2.45, 2.75) is 19.1 Å². The molecular weight excluding hydrogens is 208 g/mol. The number of esters is 1. The predicted molar refractivity (Wildman–Crippen MR) is 58.8 cm³/mol. The molecule has 4 nitrogen and oxygen atoms in total. The summed E-state index contributed by atoms with van der Waals surface area (Å²) < 4.78 is 9.93. The van der Waals surface area contributed by atoms with Gasteiger partial charge in [-0.2, -0.15) is 0 Å². The molecular formula is C12H16O4. The fraction of sp³-hybridized carbons (Fsp3) is 0.417. The van der Waals surface area contributed by atoms with E-state index in [0.717, 1.165) is 5.56 Å². The molecule has 0 bridgehead atoms. The molecule has 0 aliphatic rings. The highest BCUT2D eigenvalue weighted by atomic mass is 16.6. The van der Waals surface area contributed by atoms with Crippen LogP contribution in [0.5, 0.6) is 0 Å². The summed E-state index contributed by atoms with van der Waals surface area (Å²) >= 11 is 0. The van der Waals surface area contributed by atoms with Gasteiger partial charge in [-0.05, 0) is 5.56 Å². The Bertz CT molecular complexity index is 323. The van der Waals surface area contributed by atoms with Crippen molar-refractivity contribution in [3.63, 3.8) is 0 Å². The van der Waals surface area contributed by atoms with Crippen LogP contribution in [0.3, 0.4) is 0 Å². The molecule has 16 heavy (non-hydrogen) atoms. The molecule has 0 spiro atoms. The van der Waals surface area contributed by atoms with Crippen LogP contribution in [0.2, 0.25) is 0 Å². The maximum atomic E-state index is 11.0. The Balaban J connectivity index is 2.82. The molecule has 0 saturated carbocycles. The number of hydrogen-bond donors (Lipinski definition) is 1. The zero-order valence-electron chi connectivity index (χ0n) is 9.42. The largest absolute Gasteiger partial charge is 0.455 e. The Labute approximate surface area is 94.8 Å². The molecule has 0 amide bonds. The van der Waals surface area contributed by atoms with Gasteiger partial charge in [0.05, 0.1) is 6.61 Å². The first-order valence-electron chi connectivity index (χ1n) is 5.04. The minimum atomic E-state index is -0.865. The van der Waals surface area contributed by atoms with Crippen LogP contribution in [0.1, 0.15) is 18.6 Å². The average molecular weight is 224 g/mol. The van der Waals surface area contributed by atoms with E-state index in [0.29, 0.717) is 0 Å². The second kappa shape index (κ2) is 6.25. The smallest absolute Gasteiger partial charge is 0.303 e. The van der Waals surface area contributed by atoms with Crippen molar-refractivity contribution in [2.75, 3.05) is 13.7 Å². The van der Waals surface area contributed by atoms with Gasteiger partial charge in [0, 0.05) is 14.0 Å². The summed E-state index contributed by atoms with van der Waals surface area (Å²) in [6.45, 7) is 1.43. The maximum absolute atomic E-state index is 11.0. The molecule has 1 aromatic carbocycles. The first-order chi connectivity index (χ1) is 7.65. The van der Waals surface area contributed by atoms with Crippen molar-refractivity contribution in [3.8, 4) is 0 Å². The molecule has 0 heterocycles. The van der Waals surface area contributed by atoms with Gasteiger partial charge in [0.25, 0.3) is 0 Å². The summed E-state index contributed by atoms with van der Waals surface area (Å²) in [5.41, 5.74) is 0.752.